The highest BCUT2D eigenvalue weighted by Crippen LogP contribution is 2.31. The molecule has 2 aromatic carbocycles. The Morgan fingerprint density at radius 1 is 1.19 bits per heavy atom. The van der Waals surface area contributed by atoms with E-state index in [1.165, 1.54) is 5.56 Å². The molecule has 0 saturated heterocycles. The number of ether oxygens (including phenoxy) is 1. The minimum Gasteiger partial charge on any atom is -0.494 e. The van der Waals surface area contributed by atoms with Crippen molar-refractivity contribution in [2.45, 2.75) is 19.4 Å². The van der Waals surface area contributed by atoms with Gasteiger partial charge >= 0.3 is 0 Å². The summed E-state index contributed by atoms with van der Waals surface area (Å²) in [7, 11) is 1.95. The fraction of sp³-hybridized carbons (Fsp3) is 0.294. The molecular formula is C17H19BrClNO. The maximum absolute atomic E-state index is 6.01. The first-order chi connectivity index (χ1) is 10.2. The fourth-order valence-electron chi connectivity index (χ4n) is 2.21. The van der Waals surface area contributed by atoms with Crippen LogP contribution in [-0.4, -0.2) is 13.7 Å². The highest BCUT2D eigenvalue weighted by atomic mass is 79.9. The number of rotatable bonds is 6. The number of nitrogens with one attached hydrogen (secondary N) is 1. The summed E-state index contributed by atoms with van der Waals surface area (Å²) in [5, 5.41) is 4.07. The van der Waals surface area contributed by atoms with Crippen LogP contribution < -0.4 is 10.1 Å². The molecule has 0 spiro atoms. The van der Waals surface area contributed by atoms with Gasteiger partial charge in [0.1, 0.15) is 5.75 Å². The van der Waals surface area contributed by atoms with Crippen LogP contribution in [0.5, 0.6) is 5.75 Å². The van der Waals surface area contributed by atoms with Crippen molar-refractivity contribution in [3.05, 3.63) is 63.1 Å². The molecule has 0 heterocycles. The predicted octanol–water partition coefficient (Wildman–Crippen LogP) is 5.20. The lowest BCUT2D eigenvalue weighted by molar-refractivity contribution is 0.317. The predicted molar refractivity (Wildman–Crippen MR) is 92.3 cm³/mol. The molecule has 0 aromatic heterocycles. The molecule has 4 heteroatoms. The summed E-state index contributed by atoms with van der Waals surface area (Å²) >= 11 is 9.60. The van der Waals surface area contributed by atoms with E-state index in [1.54, 1.807) is 0 Å². The molecule has 21 heavy (non-hydrogen) atoms. The Balaban J connectivity index is 2.24. The highest BCUT2D eigenvalue weighted by Gasteiger charge is 2.15. The number of halogens is 2. The van der Waals surface area contributed by atoms with Gasteiger partial charge in [0.15, 0.2) is 0 Å². The van der Waals surface area contributed by atoms with E-state index in [2.05, 4.69) is 40.3 Å². The van der Waals surface area contributed by atoms with Crippen LogP contribution in [0.3, 0.4) is 0 Å². The van der Waals surface area contributed by atoms with Gasteiger partial charge in [-0.15, -0.1) is 0 Å². The molecular weight excluding hydrogens is 350 g/mol. The molecule has 1 atom stereocenters. The van der Waals surface area contributed by atoms with E-state index in [0.29, 0.717) is 0 Å². The number of benzene rings is 2. The second kappa shape index (κ2) is 7.83. The summed E-state index contributed by atoms with van der Waals surface area (Å²) in [6, 6.07) is 14.2. The van der Waals surface area contributed by atoms with Crippen molar-refractivity contribution in [2.75, 3.05) is 13.7 Å². The van der Waals surface area contributed by atoms with Crippen LogP contribution in [0, 0.1) is 0 Å². The van der Waals surface area contributed by atoms with Crippen LogP contribution in [0.25, 0.3) is 0 Å². The molecule has 0 bridgehead atoms. The van der Waals surface area contributed by atoms with Crippen LogP contribution in [0.1, 0.15) is 30.5 Å². The third-order valence-electron chi connectivity index (χ3n) is 3.25. The Kier molecular flexibility index (Phi) is 6.09. The molecule has 0 fully saturated rings. The van der Waals surface area contributed by atoms with E-state index >= 15 is 0 Å². The van der Waals surface area contributed by atoms with Gasteiger partial charge in [0.25, 0.3) is 0 Å². The first kappa shape index (κ1) is 16.3. The van der Waals surface area contributed by atoms with E-state index in [1.807, 2.05) is 37.4 Å². The molecule has 0 radical (unpaired) electrons. The zero-order valence-corrected chi connectivity index (χ0v) is 14.5. The lowest BCUT2D eigenvalue weighted by atomic mass is 9.99. The quantitative estimate of drug-likeness (QED) is 0.756. The topological polar surface area (TPSA) is 21.3 Å². The first-order valence-corrected chi connectivity index (χ1v) is 8.17. The summed E-state index contributed by atoms with van der Waals surface area (Å²) < 4.78 is 6.62. The van der Waals surface area contributed by atoms with Gasteiger partial charge in [-0.3, -0.25) is 0 Å². The summed E-state index contributed by atoms with van der Waals surface area (Å²) in [5.74, 6) is 0.908. The third-order valence-corrected chi connectivity index (χ3v) is 4.17. The lowest BCUT2D eigenvalue weighted by Crippen LogP contribution is -2.18. The van der Waals surface area contributed by atoms with E-state index in [0.717, 1.165) is 33.8 Å². The monoisotopic (exact) mass is 367 g/mol. The molecule has 2 rings (SSSR count). The van der Waals surface area contributed by atoms with Gasteiger partial charge in [0.2, 0.25) is 0 Å². The maximum Gasteiger partial charge on any atom is 0.119 e. The average molecular weight is 369 g/mol. The van der Waals surface area contributed by atoms with Crippen LogP contribution in [0.15, 0.2) is 46.9 Å². The lowest BCUT2D eigenvalue weighted by Gasteiger charge is -2.19. The molecule has 0 aliphatic rings. The van der Waals surface area contributed by atoms with Crippen molar-refractivity contribution in [2.24, 2.45) is 0 Å². The van der Waals surface area contributed by atoms with Crippen LogP contribution in [0.2, 0.25) is 5.02 Å². The van der Waals surface area contributed by atoms with Gasteiger partial charge < -0.3 is 10.1 Å². The zero-order valence-electron chi connectivity index (χ0n) is 12.2. The Hall–Kier alpha value is -1.03. The number of hydrogen-bond donors (Lipinski definition) is 1. The third kappa shape index (κ3) is 4.22. The molecule has 1 N–H and O–H groups in total. The van der Waals surface area contributed by atoms with E-state index in [-0.39, 0.29) is 6.04 Å². The molecule has 1 unspecified atom stereocenters. The van der Waals surface area contributed by atoms with Gasteiger partial charge in [0.05, 0.1) is 12.6 Å². The fourth-order valence-corrected chi connectivity index (χ4v) is 3.13. The molecule has 0 aliphatic heterocycles. The molecule has 0 amide bonds. The number of hydrogen-bond acceptors (Lipinski definition) is 2. The Bertz CT molecular complexity index is 586. The zero-order chi connectivity index (χ0) is 15.2. The summed E-state index contributed by atoms with van der Waals surface area (Å²) in [6.07, 6.45) is 1.01. The minimum atomic E-state index is 0.108. The van der Waals surface area contributed by atoms with E-state index < -0.39 is 0 Å². The Morgan fingerprint density at radius 3 is 2.48 bits per heavy atom. The summed E-state index contributed by atoms with van der Waals surface area (Å²) in [5.41, 5.74) is 2.34. The van der Waals surface area contributed by atoms with Crippen LogP contribution in [-0.2, 0) is 0 Å². The second-order valence-electron chi connectivity index (χ2n) is 4.81. The Labute approximate surface area is 139 Å². The summed E-state index contributed by atoms with van der Waals surface area (Å²) in [4.78, 5) is 0. The van der Waals surface area contributed by atoms with Crippen molar-refractivity contribution >= 4 is 27.5 Å². The Morgan fingerprint density at radius 2 is 1.90 bits per heavy atom. The van der Waals surface area contributed by atoms with Crippen LogP contribution >= 0.6 is 27.5 Å². The second-order valence-corrected chi connectivity index (χ2v) is 6.10. The van der Waals surface area contributed by atoms with Crippen LogP contribution in [0.4, 0.5) is 0 Å². The van der Waals surface area contributed by atoms with Gasteiger partial charge in [-0.1, -0.05) is 52.7 Å². The molecule has 2 nitrogen and oxygen atoms in total. The van der Waals surface area contributed by atoms with Gasteiger partial charge in [-0.2, -0.15) is 0 Å². The first-order valence-electron chi connectivity index (χ1n) is 7.00. The highest BCUT2D eigenvalue weighted by molar-refractivity contribution is 9.10. The maximum atomic E-state index is 6.01. The smallest absolute Gasteiger partial charge is 0.119 e. The van der Waals surface area contributed by atoms with Crippen molar-refractivity contribution in [1.29, 1.82) is 0 Å². The normalized spacial score (nSPS) is 12.2. The van der Waals surface area contributed by atoms with E-state index in [9.17, 15) is 0 Å². The SMILES string of the molecule is CCCOc1ccc(C(NC)c2ccc(Cl)cc2Br)cc1. The molecule has 0 aliphatic carbocycles. The average Bonchev–Trinajstić information content (AvgIpc) is 2.49. The van der Waals surface area contributed by atoms with Crippen molar-refractivity contribution < 1.29 is 4.74 Å². The minimum absolute atomic E-state index is 0.108. The largest absolute Gasteiger partial charge is 0.494 e. The van der Waals surface area contributed by atoms with Crippen molar-refractivity contribution in [3.63, 3.8) is 0 Å². The molecule has 2 aromatic rings. The van der Waals surface area contributed by atoms with Gasteiger partial charge in [-0.05, 0) is 48.9 Å². The van der Waals surface area contributed by atoms with Crippen molar-refractivity contribution in [1.82, 2.24) is 5.32 Å². The van der Waals surface area contributed by atoms with E-state index in [4.69, 9.17) is 16.3 Å². The van der Waals surface area contributed by atoms with Gasteiger partial charge in [-0.25, -0.2) is 0 Å². The summed E-state index contributed by atoms with van der Waals surface area (Å²) in [6.45, 7) is 2.85. The van der Waals surface area contributed by atoms with Gasteiger partial charge in [0, 0.05) is 9.50 Å². The molecule has 0 saturated carbocycles. The standard InChI is InChI=1S/C17H19BrClNO/c1-3-10-21-14-7-4-12(5-8-14)17(20-2)15-9-6-13(19)11-16(15)18/h4-9,11,17,20H,3,10H2,1-2H3. The van der Waals surface area contributed by atoms with Crippen molar-refractivity contribution in [3.8, 4) is 5.75 Å². The molecule has 112 valence electrons.